The van der Waals surface area contributed by atoms with E-state index in [4.69, 9.17) is 0 Å². The van der Waals surface area contributed by atoms with E-state index < -0.39 is 34.4 Å². The van der Waals surface area contributed by atoms with Gasteiger partial charge in [-0.05, 0) is 16.0 Å². The first-order chi connectivity index (χ1) is 14.3. The standard InChI is InChI=1S/C15H14N6O5S4/c1-20-11(17-18-19-20)10(27)6-4-28-13-8(12(23)21(13)9(6)14(24)25)16-7(22)2-5-3-29-15(26)30-5/h3,8,10,13,27H,2,4H2,1H3,(H,16,22)(H,24,25). The fourth-order valence-electron chi connectivity index (χ4n) is 3.21. The number of aliphatic carboxylic acids is 1. The van der Waals surface area contributed by atoms with Crippen LogP contribution in [0.2, 0.25) is 0 Å². The van der Waals surface area contributed by atoms with Crippen molar-refractivity contribution in [1.82, 2.24) is 30.4 Å². The van der Waals surface area contributed by atoms with E-state index in [-0.39, 0.29) is 21.9 Å². The van der Waals surface area contributed by atoms with Gasteiger partial charge in [-0.3, -0.25) is 19.3 Å². The van der Waals surface area contributed by atoms with Crippen LogP contribution in [-0.2, 0) is 27.9 Å². The van der Waals surface area contributed by atoms with Crippen molar-refractivity contribution in [2.24, 2.45) is 7.05 Å². The lowest BCUT2D eigenvalue weighted by atomic mass is 10.0. The van der Waals surface area contributed by atoms with E-state index in [1.54, 1.807) is 12.4 Å². The highest BCUT2D eigenvalue weighted by Gasteiger charge is 2.54. The zero-order valence-electron chi connectivity index (χ0n) is 15.2. The number of aromatic nitrogens is 4. The van der Waals surface area contributed by atoms with Gasteiger partial charge in [-0.1, -0.05) is 22.7 Å². The van der Waals surface area contributed by atoms with Crippen LogP contribution in [0, 0.1) is 0 Å². The molecule has 4 heterocycles. The summed E-state index contributed by atoms with van der Waals surface area (Å²) in [7, 11) is 1.61. The van der Waals surface area contributed by atoms with E-state index in [1.807, 2.05) is 0 Å². The number of nitrogens with one attached hydrogen (secondary N) is 1. The average Bonchev–Trinajstić information content (AvgIpc) is 3.31. The second-order valence-corrected chi connectivity index (χ2v) is 10.2. The number of thiol groups is 1. The van der Waals surface area contributed by atoms with Crippen molar-refractivity contribution in [3.63, 3.8) is 0 Å². The number of fused-ring (bicyclic) bond motifs is 1. The number of rotatable bonds is 6. The van der Waals surface area contributed by atoms with Crippen molar-refractivity contribution in [3.8, 4) is 0 Å². The van der Waals surface area contributed by atoms with Crippen LogP contribution < -0.4 is 9.37 Å². The van der Waals surface area contributed by atoms with Crippen LogP contribution in [0.3, 0.4) is 0 Å². The van der Waals surface area contributed by atoms with E-state index in [2.05, 4.69) is 33.5 Å². The Hall–Kier alpha value is -2.23. The number of hydrogen-bond acceptors (Lipinski definition) is 11. The first kappa shape index (κ1) is 21.0. The van der Waals surface area contributed by atoms with E-state index in [1.165, 1.54) is 21.3 Å². The van der Waals surface area contributed by atoms with Crippen molar-refractivity contribution >= 4 is 64.8 Å². The number of aryl methyl sites for hydroxylation is 1. The number of thioether (sulfide) groups is 1. The number of carboxylic acids is 1. The minimum Gasteiger partial charge on any atom is -0.477 e. The van der Waals surface area contributed by atoms with Crippen molar-refractivity contribution in [2.45, 2.75) is 23.1 Å². The molecule has 0 saturated carbocycles. The highest BCUT2D eigenvalue weighted by molar-refractivity contribution is 8.00. The van der Waals surface area contributed by atoms with Gasteiger partial charge in [0.15, 0.2) is 5.82 Å². The largest absolute Gasteiger partial charge is 0.477 e. The van der Waals surface area contributed by atoms with E-state index in [0.717, 1.165) is 22.7 Å². The van der Waals surface area contributed by atoms with E-state index in [9.17, 15) is 24.3 Å². The maximum Gasteiger partial charge on any atom is 0.352 e. The third-order valence-electron chi connectivity index (χ3n) is 4.58. The van der Waals surface area contributed by atoms with Crippen LogP contribution in [0.1, 0.15) is 16.0 Å². The third-order valence-corrected chi connectivity index (χ3v) is 8.40. The summed E-state index contributed by atoms with van der Waals surface area (Å²) >= 11 is 7.83. The van der Waals surface area contributed by atoms with Crippen LogP contribution in [0.5, 0.6) is 0 Å². The summed E-state index contributed by atoms with van der Waals surface area (Å²) in [5.74, 6) is -1.52. The summed E-state index contributed by atoms with van der Waals surface area (Å²) < 4.78 is 1.29. The van der Waals surface area contributed by atoms with Gasteiger partial charge in [-0.15, -0.1) is 16.9 Å². The maximum absolute atomic E-state index is 12.7. The Kier molecular flexibility index (Phi) is 5.69. The summed E-state index contributed by atoms with van der Waals surface area (Å²) in [4.78, 5) is 50.0. The molecule has 0 aliphatic carbocycles. The molecule has 0 bridgehead atoms. The quantitative estimate of drug-likeness (QED) is 0.368. The highest BCUT2D eigenvalue weighted by Crippen LogP contribution is 2.44. The first-order valence-electron chi connectivity index (χ1n) is 8.46. The third kappa shape index (κ3) is 3.66. The van der Waals surface area contributed by atoms with Gasteiger partial charge in [0.1, 0.15) is 17.1 Å². The minimum absolute atomic E-state index is 0.00464. The highest BCUT2D eigenvalue weighted by atomic mass is 32.2. The Bertz CT molecular complexity index is 1120. The molecule has 30 heavy (non-hydrogen) atoms. The van der Waals surface area contributed by atoms with Gasteiger partial charge in [-0.2, -0.15) is 12.6 Å². The molecule has 3 unspecified atom stereocenters. The van der Waals surface area contributed by atoms with Crippen molar-refractivity contribution in [3.05, 3.63) is 36.2 Å². The number of amides is 2. The predicted molar refractivity (Wildman–Crippen MR) is 112 cm³/mol. The van der Waals surface area contributed by atoms with Crippen molar-refractivity contribution in [2.75, 3.05) is 5.75 Å². The van der Waals surface area contributed by atoms with Gasteiger partial charge in [0.2, 0.25) is 5.91 Å². The van der Waals surface area contributed by atoms with Gasteiger partial charge in [0, 0.05) is 23.1 Å². The Morgan fingerprint density at radius 3 is 2.80 bits per heavy atom. The summed E-state index contributed by atoms with van der Waals surface area (Å²) in [5, 5.41) is 23.9. The fourth-order valence-corrected chi connectivity index (χ4v) is 6.87. The Balaban J connectivity index is 1.53. The molecule has 0 spiro atoms. The molecule has 0 radical (unpaired) electrons. The number of carbonyl (C=O) groups excluding carboxylic acids is 2. The minimum atomic E-state index is -1.26. The molecule has 3 atom stereocenters. The maximum atomic E-state index is 12.7. The molecule has 2 aliphatic rings. The fraction of sp³-hybridized carbons (Fsp3) is 0.400. The number of nitrogens with zero attached hydrogens (tertiary/aromatic N) is 5. The van der Waals surface area contributed by atoms with Crippen molar-refractivity contribution in [1.29, 1.82) is 0 Å². The molecular weight excluding hydrogens is 472 g/mol. The monoisotopic (exact) mass is 486 g/mol. The molecule has 4 rings (SSSR count). The second-order valence-electron chi connectivity index (χ2n) is 6.43. The van der Waals surface area contributed by atoms with Gasteiger partial charge in [0.25, 0.3) is 9.96 Å². The SMILES string of the molecule is Cn1nnnc1C(S)C1=C(C(=O)O)N2C(=O)C(NC(=O)Cc3csc(=O)s3)C2SC1. The zero-order chi connectivity index (χ0) is 21.6. The molecule has 2 aromatic heterocycles. The van der Waals surface area contributed by atoms with Gasteiger partial charge in [0.05, 0.1) is 11.7 Å². The molecule has 15 heteroatoms. The predicted octanol–water partition coefficient (Wildman–Crippen LogP) is -0.355. The Labute approximate surface area is 186 Å². The Morgan fingerprint density at radius 2 is 2.20 bits per heavy atom. The van der Waals surface area contributed by atoms with Gasteiger partial charge < -0.3 is 10.4 Å². The molecule has 0 aromatic carbocycles. The van der Waals surface area contributed by atoms with Gasteiger partial charge >= 0.3 is 5.97 Å². The zero-order valence-corrected chi connectivity index (χ0v) is 18.6. The topological polar surface area (TPSA) is 147 Å². The van der Waals surface area contributed by atoms with E-state index >= 15 is 0 Å². The molecule has 2 amide bonds. The van der Waals surface area contributed by atoms with Crippen LogP contribution >= 0.6 is 47.1 Å². The smallest absolute Gasteiger partial charge is 0.352 e. The van der Waals surface area contributed by atoms with Crippen LogP contribution in [0.25, 0.3) is 0 Å². The lowest BCUT2D eigenvalue weighted by molar-refractivity contribution is -0.150. The van der Waals surface area contributed by atoms with E-state index in [0.29, 0.717) is 16.3 Å². The number of hydrogen-bond donors (Lipinski definition) is 3. The molecule has 158 valence electrons. The number of tetrazole rings is 1. The van der Waals surface area contributed by atoms with Crippen molar-refractivity contribution < 1.29 is 19.5 Å². The summed E-state index contributed by atoms with van der Waals surface area (Å²) in [6, 6.07) is -0.830. The second kappa shape index (κ2) is 8.13. The molecule has 2 aromatic rings. The summed E-state index contributed by atoms with van der Waals surface area (Å²) in [5.41, 5.74) is 0.250. The molecule has 1 saturated heterocycles. The molecule has 2 aliphatic heterocycles. The van der Waals surface area contributed by atoms with Crippen LogP contribution in [0.15, 0.2) is 21.4 Å². The average molecular weight is 487 g/mol. The molecule has 1 fully saturated rings. The molecular formula is C15H14N6O5S4. The molecule has 2 N–H and O–H groups in total. The normalized spacial score (nSPS) is 21.8. The Morgan fingerprint density at radius 1 is 1.43 bits per heavy atom. The number of carbonyl (C=O) groups is 3. The number of β-lactam (4-membered cyclic amide) rings is 1. The molecule has 11 nitrogen and oxygen atoms in total. The van der Waals surface area contributed by atoms with Crippen LogP contribution in [0.4, 0.5) is 0 Å². The lowest BCUT2D eigenvalue weighted by Gasteiger charge is -2.49. The summed E-state index contributed by atoms with van der Waals surface area (Å²) in [6.07, 6.45) is -0.00464. The van der Waals surface area contributed by atoms with Gasteiger partial charge in [-0.25, -0.2) is 9.48 Å². The summed E-state index contributed by atoms with van der Waals surface area (Å²) in [6.45, 7) is 0. The van der Waals surface area contributed by atoms with Crippen LogP contribution in [-0.4, -0.2) is 65.2 Å². The lowest BCUT2D eigenvalue weighted by Crippen LogP contribution is -2.70. The number of carboxylic acid groups (broad SMARTS) is 1. The first-order valence-corrected chi connectivity index (χ1v) is 11.7.